The summed E-state index contributed by atoms with van der Waals surface area (Å²) in [6, 6.07) is 4.32. The van der Waals surface area contributed by atoms with Crippen molar-refractivity contribution in [2.45, 2.75) is 57.5 Å². The summed E-state index contributed by atoms with van der Waals surface area (Å²) in [5, 5.41) is 11.0. The third-order valence-corrected chi connectivity index (χ3v) is 8.63. The molecule has 1 aromatic heterocycles. The van der Waals surface area contributed by atoms with Crippen LogP contribution in [0.15, 0.2) is 23.0 Å². The highest BCUT2D eigenvalue weighted by atomic mass is 35.5. The average Bonchev–Trinajstić information content (AvgIpc) is 3.02. The van der Waals surface area contributed by atoms with E-state index in [0.717, 1.165) is 19.3 Å². The van der Waals surface area contributed by atoms with E-state index in [4.69, 9.17) is 16.3 Å². The molecule has 3 aliphatic rings. The van der Waals surface area contributed by atoms with Crippen LogP contribution in [0.1, 0.15) is 71.0 Å². The molecule has 1 N–H and O–H groups in total. The molecule has 0 spiro atoms. The first-order valence-corrected chi connectivity index (χ1v) is 12.9. The number of ether oxygens (including phenoxy) is 1. The number of fused-ring (bicyclic) bond motifs is 3. The van der Waals surface area contributed by atoms with Gasteiger partial charge in [-0.15, -0.1) is 0 Å². The topological polar surface area (TPSA) is 88.8 Å². The van der Waals surface area contributed by atoms with Gasteiger partial charge >= 0.3 is 0 Å². The number of amides is 1. The number of benzene rings is 1. The zero-order valence-corrected chi connectivity index (χ0v) is 21.2. The summed E-state index contributed by atoms with van der Waals surface area (Å²) < 4.78 is 20.2. The van der Waals surface area contributed by atoms with Crippen LogP contribution in [0.4, 0.5) is 4.39 Å². The predicted molar refractivity (Wildman–Crippen MR) is 132 cm³/mol. The Morgan fingerprint density at radius 3 is 2.61 bits per heavy atom. The first-order valence-electron chi connectivity index (χ1n) is 12.5. The second kappa shape index (κ2) is 9.30. The van der Waals surface area contributed by atoms with E-state index in [9.17, 15) is 23.9 Å². The van der Waals surface area contributed by atoms with Crippen LogP contribution < -0.4 is 5.56 Å². The van der Waals surface area contributed by atoms with Gasteiger partial charge in [0.1, 0.15) is 17.2 Å². The van der Waals surface area contributed by atoms with Gasteiger partial charge in [0.15, 0.2) is 11.5 Å². The predicted octanol–water partition coefficient (Wildman–Crippen LogP) is 4.30. The SMILES string of the molecule is COCCCN1C(=O)c2c3c(c(O)c(=O)n2C1(C)C1CCC1)C(=O)C(Cc1ccc(F)c(Cl)c1)CC3. The molecule has 9 heteroatoms. The van der Waals surface area contributed by atoms with Gasteiger partial charge in [0.05, 0.1) is 10.6 Å². The van der Waals surface area contributed by atoms with E-state index in [1.807, 2.05) is 6.92 Å². The van der Waals surface area contributed by atoms with Crippen molar-refractivity contribution < 1.29 is 23.8 Å². The van der Waals surface area contributed by atoms with Crippen molar-refractivity contribution >= 4 is 23.3 Å². The Labute approximate surface area is 213 Å². The van der Waals surface area contributed by atoms with E-state index in [0.29, 0.717) is 50.0 Å². The van der Waals surface area contributed by atoms with Crippen LogP contribution in [-0.2, 0) is 23.2 Å². The van der Waals surface area contributed by atoms with Gasteiger partial charge in [0, 0.05) is 32.1 Å². The highest BCUT2D eigenvalue weighted by Gasteiger charge is 2.55. The molecule has 2 atom stereocenters. The minimum Gasteiger partial charge on any atom is -0.503 e. The van der Waals surface area contributed by atoms with Crippen LogP contribution in [-0.4, -0.2) is 46.5 Å². The second-order valence-corrected chi connectivity index (χ2v) is 10.7. The standard InChI is InChI=1S/C27H30ClFN2O5/c1-27(17-5-3-6-17)30(11-4-12-36-2)25(34)22-18-9-8-16(13-15-7-10-20(29)19(28)14-15)23(32)21(18)24(33)26(35)31(22)27/h7,10,14,16-17,33H,3-6,8-9,11-13H2,1-2H3. The van der Waals surface area contributed by atoms with Crippen LogP contribution in [0.25, 0.3) is 0 Å². The van der Waals surface area contributed by atoms with Gasteiger partial charge in [-0.05, 0) is 68.7 Å². The van der Waals surface area contributed by atoms with E-state index < -0.39 is 28.7 Å². The van der Waals surface area contributed by atoms with Crippen LogP contribution in [0.3, 0.4) is 0 Å². The monoisotopic (exact) mass is 516 g/mol. The van der Waals surface area contributed by atoms with Crippen molar-refractivity contribution in [1.29, 1.82) is 0 Å². The molecule has 1 aliphatic heterocycles. The molecular formula is C27H30ClFN2O5. The number of carbonyl (C=O) groups is 2. The lowest BCUT2D eigenvalue weighted by Crippen LogP contribution is -2.55. The summed E-state index contributed by atoms with van der Waals surface area (Å²) in [5.41, 5.74) is -0.254. The van der Waals surface area contributed by atoms with Gasteiger partial charge < -0.3 is 14.7 Å². The molecule has 1 amide bonds. The Kier molecular flexibility index (Phi) is 6.45. The largest absolute Gasteiger partial charge is 0.503 e. The lowest BCUT2D eigenvalue weighted by molar-refractivity contribution is -0.0218. The van der Waals surface area contributed by atoms with Crippen LogP contribution in [0, 0.1) is 17.7 Å². The number of hydrogen-bond donors (Lipinski definition) is 1. The molecule has 1 aromatic carbocycles. The number of Topliss-reactive ketones (excluding diaryl/α,β-unsaturated/α-hetero) is 1. The van der Waals surface area contributed by atoms with E-state index in [-0.39, 0.29) is 33.9 Å². The Hall–Kier alpha value is -2.71. The van der Waals surface area contributed by atoms with Gasteiger partial charge in [0.2, 0.25) is 0 Å². The van der Waals surface area contributed by atoms with Crippen molar-refractivity contribution in [1.82, 2.24) is 9.47 Å². The maximum absolute atomic E-state index is 13.8. The number of ketones is 1. The van der Waals surface area contributed by atoms with Crippen LogP contribution in [0.5, 0.6) is 5.75 Å². The van der Waals surface area contributed by atoms with Crippen LogP contribution in [0.2, 0.25) is 5.02 Å². The fourth-order valence-electron chi connectivity index (χ4n) is 6.18. The maximum atomic E-state index is 13.8. The molecule has 192 valence electrons. The Morgan fingerprint density at radius 2 is 1.97 bits per heavy atom. The minimum atomic E-state index is -0.896. The first-order chi connectivity index (χ1) is 17.2. The summed E-state index contributed by atoms with van der Waals surface area (Å²) in [4.78, 5) is 42.7. The summed E-state index contributed by atoms with van der Waals surface area (Å²) >= 11 is 5.91. The van der Waals surface area contributed by atoms with E-state index in [1.165, 1.54) is 16.7 Å². The number of nitrogens with zero attached hydrogens (tertiary/aromatic N) is 2. The molecule has 2 aromatic rings. The highest BCUT2D eigenvalue weighted by molar-refractivity contribution is 6.30. The van der Waals surface area contributed by atoms with Gasteiger partial charge in [-0.2, -0.15) is 0 Å². The number of carbonyl (C=O) groups excluding carboxylic acids is 2. The lowest BCUT2D eigenvalue weighted by Gasteiger charge is -2.46. The third kappa shape index (κ3) is 3.68. The molecule has 36 heavy (non-hydrogen) atoms. The molecule has 1 fully saturated rings. The third-order valence-electron chi connectivity index (χ3n) is 8.34. The maximum Gasteiger partial charge on any atom is 0.296 e. The number of halogens is 2. The smallest absolute Gasteiger partial charge is 0.296 e. The number of hydrogen-bond acceptors (Lipinski definition) is 5. The van der Waals surface area contributed by atoms with Crippen LogP contribution >= 0.6 is 11.6 Å². The summed E-state index contributed by atoms with van der Waals surface area (Å²) in [5.74, 6) is -2.19. The van der Waals surface area contributed by atoms with Gasteiger partial charge in [-0.25, -0.2) is 4.39 Å². The Morgan fingerprint density at radius 1 is 1.22 bits per heavy atom. The molecule has 0 radical (unpaired) electrons. The minimum absolute atomic E-state index is 0.0236. The number of pyridine rings is 1. The number of aromatic hydroxyl groups is 1. The van der Waals surface area contributed by atoms with Crippen molar-refractivity contribution in [2.24, 2.45) is 11.8 Å². The molecular weight excluding hydrogens is 487 g/mol. The quantitative estimate of drug-likeness (QED) is 0.554. The Balaban J connectivity index is 1.57. The first kappa shape index (κ1) is 25.0. The molecule has 2 heterocycles. The van der Waals surface area contributed by atoms with Gasteiger partial charge in [0.25, 0.3) is 11.5 Å². The average molecular weight is 517 g/mol. The van der Waals surface area contributed by atoms with E-state index in [1.54, 1.807) is 18.1 Å². The Bertz CT molecular complexity index is 1300. The summed E-state index contributed by atoms with van der Waals surface area (Å²) in [6.45, 7) is 2.79. The number of aromatic nitrogens is 1. The fraction of sp³-hybridized carbons (Fsp3) is 0.519. The lowest BCUT2D eigenvalue weighted by atomic mass is 9.75. The molecule has 7 nitrogen and oxygen atoms in total. The summed E-state index contributed by atoms with van der Waals surface area (Å²) in [7, 11) is 1.60. The van der Waals surface area contributed by atoms with E-state index >= 15 is 0 Å². The zero-order valence-electron chi connectivity index (χ0n) is 20.5. The molecule has 0 saturated heterocycles. The fourth-order valence-corrected chi connectivity index (χ4v) is 6.39. The second-order valence-electron chi connectivity index (χ2n) is 10.3. The van der Waals surface area contributed by atoms with Crippen molar-refractivity contribution in [3.05, 3.63) is 61.8 Å². The van der Waals surface area contributed by atoms with E-state index in [2.05, 4.69) is 0 Å². The zero-order chi connectivity index (χ0) is 25.8. The number of rotatable bonds is 7. The van der Waals surface area contributed by atoms with Gasteiger partial charge in [-0.3, -0.25) is 19.0 Å². The number of methoxy groups -OCH3 is 1. The van der Waals surface area contributed by atoms with Crippen molar-refractivity contribution in [3.8, 4) is 5.75 Å². The molecule has 1 saturated carbocycles. The van der Waals surface area contributed by atoms with Gasteiger partial charge in [-0.1, -0.05) is 24.1 Å². The molecule has 0 bridgehead atoms. The summed E-state index contributed by atoms with van der Waals surface area (Å²) in [6.07, 6.45) is 4.53. The normalized spacial score (nSPS) is 23.6. The molecule has 2 unspecified atom stereocenters. The highest BCUT2D eigenvalue weighted by Crippen LogP contribution is 2.48. The van der Waals surface area contributed by atoms with Crippen molar-refractivity contribution in [3.63, 3.8) is 0 Å². The molecule has 5 rings (SSSR count). The van der Waals surface area contributed by atoms with Crippen molar-refractivity contribution in [2.75, 3.05) is 20.3 Å². The molecule has 2 aliphatic carbocycles.